The number of nitrogens with zero attached hydrogens (tertiary/aromatic N) is 5. The van der Waals surface area contributed by atoms with Gasteiger partial charge in [-0.05, 0) is 48.1 Å². The molecule has 5 rings (SSSR count). The summed E-state index contributed by atoms with van der Waals surface area (Å²) in [5.41, 5.74) is 2.93. The van der Waals surface area contributed by atoms with Crippen molar-refractivity contribution in [2.24, 2.45) is 0 Å². The van der Waals surface area contributed by atoms with Crippen molar-refractivity contribution in [2.45, 2.75) is 57.8 Å². The fraction of sp³-hybridized carbons (Fsp3) is 0.481. The molecular weight excluding hydrogens is 426 g/mol. The number of amides is 1. The molecule has 1 aliphatic carbocycles. The average Bonchev–Trinajstić information content (AvgIpc) is 3.56. The Hall–Kier alpha value is -3.22. The van der Waals surface area contributed by atoms with Gasteiger partial charge in [0.2, 0.25) is 11.7 Å². The Morgan fingerprint density at radius 1 is 0.971 bits per heavy atom. The summed E-state index contributed by atoms with van der Waals surface area (Å²) in [5, 5.41) is 4.17. The molecule has 1 amide bonds. The molecule has 3 aromatic rings. The first-order valence-electron chi connectivity index (χ1n) is 12.3. The Kier molecular flexibility index (Phi) is 6.11. The molecule has 7 nitrogen and oxygen atoms in total. The van der Waals surface area contributed by atoms with Crippen molar-refractivity contribution in [1.29, 1.82) is 0 Å². The van der Waals surface area contributed by atoms with Crippen molar-refractivity contribution in [2.75, 3.05) is 31.1 Å². The van der Waals surface area contributed by atoms with E-state index in [4.69, 9.17) is 4.52 Å². The molecule has 1 aliphatic heterocycles. The van der Waals surface area contributed by atoms with Gasteiger partial charge >= 0.3 is 0 Å². The van der Waals surface area contributed by atoms with Gasteiger partial charge in [-0.3, -0.25) is 4.79 Å². The zero-order chi connectivity index (χ0) is 23.7. The zero-order valence-corrected chi connectivity index (χ0v) is 20.3. The molecule has 0 unspecified atom stereocenters. The lowest BCUT2D eigenvalue weighted by Crippen LogP contribution is -2.49. The predicted molar refractivity (Wildman–Crippen MR) is 132 cm³/mol. The minimum Gasteiger partial charge on any atom is -0.353 e. The van der Waals surface area contributed by atoms with Gasteiger partial charge in [0, 0.05) is 49.4 Å². The molecule has 2 aliphatic rings. The largest absolute Gasteiger partial charge is 0.353 e. The van der Waals surface area contributed by atoms with Crippen LogP contribution in [-0.4, -0.2) is 52.1 Å². The molecular formula is C27H33N5O2. The van der Waals surface area contributed by atoms with E-state index in [0.29, 0.717) is 24.8 Å². The molecule has 34 heavy (non-hydrogen) atoms. The van der Waals surface area contributed by atoms with E-state index in [1.54, 1.807) is 0 Å². The first-order chi connectivity index (χ1) is 16.4. The second-order valence-corrected chi connectivity index (χ2v) is 10.4. The van der Waals surface area contributed by atoms with Crippen LogP contribution >= 0.6 is 0 Å². The molecule has 0 N–H and O–H groups in total. The number of hydrogen-bond donors (Lipinski definition) is 0. The van der Waals surface area contributed by atoms with Gasteiger partial charge in [0.1, 0.15) is 5.82 Å². The number of pyridine rings is 1. The Morgan fingerprint density at radius 2 is 1.68 bits per heavy atom. The molecule has 2 aromatic heterocycles. The molecule has 1 saturated carbocycles. The number of carbonyl (C=O) groups is 1. The number of aromatic nitrogens is 3. The van der Waals surface area contributed by atoms with Crippen LogP contribution in [0.15, 0.2) is 47.1 Å². The maximum Gasteiger partial charge on any atom is 0.253 e. The van der Waals surface area contributed by atoms with E-state index in [2.05, 4.69) is 52.9 Å². The van der Waals surface area contributed by atoms with Gasteiger partial charge in [0.05, 0.1) is 0 Å². The minimum absolute atomic E-state index is 0.0811. The van der Waals surface area contributed by atoms with E-state index in [9.17, 15) is 4.79 Å². The molecule has 0 radical (unpaired) electrons. The van der Waals surface area contributed by atoms with E-state index >= 15 is 0 Å². The van der Waals surface area contributed by atoms with Crippen molar-refractivity contribution in [1.82, 2.24) is 20.0 Å². The summed E-state index contributed by atoms with van der Waals surface area (Å²) in [6, 6.07) is 12.0. The van der Waals surface area contributed by atoms with Crippen LogP contribution in [0.3, 0.4) is 0 Å². The second kappa shape index (κ2) is 9.20. The minimum atomic E-state index is 0.0811. The maximum absolute atomic E-state index is 13.0. The van der Waals surface area contributed by atoms with Crippen LogP contribution < -0.4 is 4.90 Å². The van der Waals surface area contributed by atoms with Gasteiger partial charge in [-0.2, -0.15) is 4.98 Å². The quantitative estimate of drug-likeness (QED) is 0.544. The van der Waals surface area contributed by atoms with Gasteiger partial charge in [-0.15, -0.1) is 0 Å². The number of carbonyl (C=O) groups excluding carboxylic acids is 1. The standard InChI is InChI=1S/C27H33N5O2/c1-27(2,3)22-11-8-20(9-12-22)26(33)32-16-14-31(15-17-32)23-13-10-21(18-28-23)24-29-25(34-30-24)19-6-4-5-7-19/h8-13,18-19H,4-7,14-17H2,1-3H3. The Bertz CT molecular complexity index is 1120. The van der Waals surface area contributed by atoms with Gasteiger partial charge in [-0.25, -0.2) is 4.98 Å². The van der Waals surface area contributed by atoms with Crippen molar-refractivity contribution < 1.29 is 9.32 Å². The first kappa shape index (κ1) is 22.6. The highest BCUT2D eigenvalue weighted by atomic mass is 16.5. The average molecular weight is 460 g/mol. The number of hydrogen-bond acceptors (Lipinski definition) is 6. The highest BCUT2D eigenvalue weighted by molar-refractivity contribution is 5.94. The van der Waals surface area contributed by atoms with E-state index in [0.717, 1.165) is 48.8 Å². The highest BCUT2D eigenvalue weighted by Crippen LogP contribution is 2.34. The second-order valence-electron chi connectivity index (χ2n) is 10.4. The Morgan fingerprint density at radius 3 is 2.29 bits per heavy atom. The zero-order valence-electron chi connectivity index (χ0n) is 20.3. The molecule has 178 valence electrons. The van der Waals surface area contributed by atoms with Gasteiger partial charge < -0.3 is 14.3 Å². The van der Waals surface area contributed by atoms with Crippen molar-refractivity contribution in [3.05, 3.63) is 59.6 Å². The summed E-state index contributed by atoms with van der Waals surface area (Å²) in [5.74, 6) is 2.77. The molecule has 2 fully saturated rings. The Labute approximate surface area is 201 Å². The van der Waals surface area contributed by atoms with E-state index in [1.807, 2.05) is 35.4 Å². The first-order valence-corrected chi connectivity index (χ1v) is 12.3. The fourth-order valence-electron chi connectivity index (χ4n) is 4.83. The van der Waals surface area contributed by atoms with Crippen LogP contribution in [0.4, 0.5) is 5.82 Å². The third-order valence-electron chi connectivity index (χ3n) is 7.04. The number of piperazine rings is 1. The number of anilines is 1. The summed E-state index contributed by atoms with van der Waals surface area (Å²) >= 11 is 0. The molecule has 7 heteroatoms. The summed E-state index contributed by atoms with van der Waals surface area (Å²) in [6.45, 7) is 9.41. The normalized spacial score (nSPS) is 17.4. The smallest absolute Gasteiger partial charge is 0.253 e. The lowest BCUT2D eigenvalue weighted by Gasteiger charge is -2.35. The van der Waals surface area contributed by atoms with E-state index in [1.165, 1.54) is 18.4 Å². The summed E-state index contributed by atoms with van der Waals surface area (Å²) in [6.07, 6.45) is 6.56. The van der Waals surface area contributed by atoms with E-state index in [-0.39, 0.29) is 11.3 Å². The monoisotopic (exact) mass is 459 g/mol. The summed E-state index contributed by atoms with van der Waals surface area (Å²) < 4.78 is 5.51. The van der Waals surface area contributed by atoms with Crippen LogP contribution in [0.1, 0.15) is 74.2 Å². The van der Waals surface area contributed by atoms with Crippen molar-refractivity contribution in [3.8, 4) is 11.4 Å². The highest BCUT2D eigenvalue weighted by Gasteiger charge is 2.25. The van der Waals surface area contributed by atoms with Crippen molar-refractivity contribution in [3.63, 3.8) is 0 Å². The Balaban J connectivity index is 1.18. The number of benzene rings is 1. The summed E-state index contributed by atoms with van der Waals surface area (Å²) in [4.78, 5) is 26.4. The summed E-state index contributed by atoms with van der Waals surface area (Å²) in [7, 11) is 0. The topological polar surface area (TPSA) is 75.4 Å². The lowest BCUT2D eigenvalue weighted by atomic mass is 9.86. The fourth-order valence-corrected chi connectivity index (χ4v) is 4.83. The molecule has 1 aromatic carbocycles. The predicted octanol–water partition coefficient (Wildman–Crippen LogP) is 5.05. The van der Waals surface area contributed by atoms with Gasteiger partial charge in [-0.1, -0.05) is 50.9 Å². The van der Waals surface area contributed by atoms with Gasteiger partial charge in [0.25, 0.3) is 5.91 Å². The van der Waals surface area contributed by atoms with Crippen LogP contribution in [0, 0.1) is 0 Å². The molecule has 0 spiro atoms. The van der Waals surface area contributed by atoms with E-state index < -0.39 is 0 Å². The number of rotatable bonds is 4. The van der Waals surface area contributed by atoms with Crippen LogP contribution in [0.5, 0.6) is 0 Å². The molecule has 1 saturated heterocycles. The van der Waals surface area contributed by atoms with Crippen LogP contribution in [0.25, 0.3) is 11.4 Å². The third kappa shape index (κ3) is 4.69. The SMILES string of the molecule is CC(C)(C)c1ccc(C(=O)N2CCN(c3ccc(-c4noc(C5CCCC5)n4)cn3)CC2)cc1. The lowest BCUT2D eigenvalue weighted by molar-refractivity contribution is 0.0746. The van der Waals surface area contributed by atoms with Crippen molar-refractivity contribution >= 4 is 11.7 Å². The molecule has 3 heterocycles. The third-order valence-corrected chi connectivity index (χ3v) is 7.04. The van der Waals surface area contributed by atoms with Crippen LogP contribution in [-0.2, 0) is 5.41 Å². The molecule has 0 atom stereocenters. The molecule has 0 bridgehead atoms. The van der Waals surface area contributed by atoms with Crippen LogP contribution in [0.2, 0.25) is 0 Å². The van der Waals surface area contributed by atoms with Gasteiger partial charge in [0.15, 0.2) is 0 Å². The maximum atomic E-state index is 13.0.